The Morgan fingerprint density at radius 3 is 2.42 bits per heavy atom. The molecule has 0 saturated heterocycles. The minimum atomic E-state index is 0.450. The van der Waals surface area contributed by atoms with Crippen LogP contribution in [-0.2, 0) is 6.54 Å². The van der Waals surface area contributed by atoms with E-state index >= 15 is 0 Å². The van der Waals surface area contributed by atoms with E-state index in [9.17, 15) is 0 Å². The first-order valence-electron chi connectivity index (χ1n) is 7.93. The van der Waals surface area contributed by atoms with Crippen molar-refractivity contribution in [3.63, 3.8) is 0 Å². The number of hydrogen-bond donors (Lipinski definition) is 1. The fraction of sp³-hybridized carbons (Fsp3) is 0.812. The standard InChI is InChI=1S/C16H31N3/c1-6-10-17-15(12-14(7-2)8-3)16-11-13(5)18-19(16)9-4/h11,14-15,17H,6-10,12H2,1-5H3. The molecule has 0 aliphatic rings. The molecule has 1 heterocycles. The van der Waals surface area contributed by atoms with Crippen molar-refractivity contribution in [3.8, 4) is 0 Å². The summed E-state index contributed by atoms with van der Waals surface area (Å²) < 4.78 is 2.16. The van der Waals surface area contributed by atoms with Gasteiger partial charge in [0.05, 0.1) is 11.4 Å². The monoisotopic (exact) mass is 265 g/mol. The van der Waals surface area contributed by atoms with Crippen molar-refractivity contribution in [2.45, 2.75) is 72.9 Å². The highest BCUT2D eigenvalue weighted by Gasteiger charge is 2.19. The van der Waals surface area contributed by atoms with Gasteiger partial charge in [0.15, 0.2) is 0 Å². The number of nitrogens with zero attached hydrogens (tertiary/aromatic N) is 2. The van der Waals surface area contributed by atoms with E-state index < -0.39 is 0 Å². The Balaban J connectivity index is 2.87. The highest BCUT2D eigenvalue weighted by Crippen LogP contribution is 2.26. The molecule has 1 N–H and O–H groups in total. The predicted octanol–water partition coefficient (Wildman–Crippen LogP) is 4.08. The van der Waals surface area contributed by atoms with Crippen LogP contribution in [0.1, 0.15) is 70.8 Å². The van der Waals surface area contributed by atoms with Gasteiger partial charge in [-0.05, 0) is 45.2 Å². The molecule has 0 aromatic carbocycles. The van der Waals surface area contributed by atoms with Crippen LogP contribution in [0.15, 0.2) is 6.07 Å². The summed E-state index contributed by atoms with van der Waals surface area (Å²) in [5.41, 5.74) is 2.49. The maximum atomic E-state index is 4.59. The molecular weight excluding hydrogens is 234 g/mol. The van der Waals surface area contributed by atoms with Crippen molar-refractivity contribution in [1.82, 2.24) is 15.1 Å². The van der Waals surface area contributed by atoms with Crippen LogP contribution in [0.2, 0.25) is 0 Å². The zero-order chi connectivity index (χ0) is 14.3. The molecule has 19 heavy (non-hydrogen) atoms. The summed E-state index contributed by atoms with van der Waals surface area (Å²) in [7, 11) is 0. The van der Waals surface area contributed by atoms with E-state index in [4.69, 9.17) is 0 Å². The summed E-state index contributed by atoms with van der Waals surface area (Å²) in [6, 6.07) is 2.70. The maximum Gasteiger partial charge on any atom is 0.0597 e. The van der Waals surface area contributed by atoms with Crippen LogP contribution in [0, 0.1) is 12.8 Å². The largest absolute Gasteiger partial charge is 0.309 e. The Kier molecular flexibility index (Phi) is 7.14. The Bertz CT molecular complexity index is 353. The molecule has 0 amide bonds. The lowest BCUT2D eigenvalue weighted by atomic mass is 9.93. The molecule has 0 saturated carbocycles. The Labute approximate surface area is 118 Å². The summed E-state index contributed by atoms with van der Waals surface area (Å²) in [6.07, 6.45) is 4.93. The lowest BCUT2D eigenvalue weighted by molar-refractivity contribution is 0.356. The lowest BCUT2D eigenvalue weighted by Crippen LogP contribution is -2.26. The Morgan fingerprint density at radius 2 is 1.89 bits per heavy atom. The zero-order valence-electron chi connectivity index (χ0n) is 13.4. The first-order chi connectivity index (χ1) is 9.15. The second kappa shape index (κ2) is 8.36. The molecule has 0 aliphatic heterocycles. The third-order valence-electron chi connectivity index (χ3n) is 3.95. The van der Waals surface area contributed by atoms with Crippen LogP contribution < -0.4 is 5.32 Å². The molecule has 0 fully saturated rings. The number of rotatable bonds is 9. The summed E-state index contributed by atoms with van der Waals surface area (Å²) in [4.78, 5) is 0. The van der Waals surface area contributed by atoms with E-state index in [1.165, 1.54) is 31.4 Å². The van der Waals surface area contributed by atoms with Gasteiger partial charge in [-0.3, -0.25) is 4.68 Å². The normalized spacial score (nSPS) is 13.2. The predicted molar refractivity (Wildman–Crippen MR) is 82.4 cm³/mol. The quantitative estimate of drug-likeness (QED) is 0.729. The van der Waals surface area contributed by atoms with E-state index in [1.807, 2.05) is 0 Å². The van der Waals surface area contributed by atoms with E-state index in [0.717, 1.165) is 24.7 Å². The molecule has 3 nitrogen and oxygen atoms in total. The topological polar surface area (TPSA) is 29.9 Å². The van der Waals surface area contributed by atoms with E-state index in [0.29, 0.717) is 6.04 Å². The highest BCUT2D eigenvalue weighted by molar-refractivity contribution is 5.13. The Hall–Kier alpha value is -0.830. The van der Waals surface area contributed by atoms with E-state index in [1.54, 1.807) is 0 Å². The molecule has 1 unspecified atom stereocenters. The smallest absolute Gasteiger partial charge is 0.0597 e. The van der Waals surface area contributed by atoms with Gasteiger partial charge in [0, 0.05) is 12.6 Å². The zero-order valence-corrected chi connectivity index (χ0v) is 13.4. The van der Waals surface area contributed by atoms with Crippen LogP contribution in [0.5, 0.6) is 0 Å². The maximum absolute atomic E-state index is 4.59. The van der Waals surface area contributed by atoms with Gasteiger partial charge in [0.25, 0.3) is 0 Å². The lowest BCUT2D eigenvalue weighted by Gasteiger charge is -2.24. The van der Waals surface area contributed by atoms with Gasteiger partial charge in [-0.25, -0.2) is 0 Å². The van der Waals surface area contributed by atoms with Crippen LogP contribution in [-0.4, -0.2) is 16.3 Å². The summed E-state index contributed by atoms with van der Waals surface area (Å²) in [5.74, 6) is 0.801. The van der Waals surface area contributed by atoms with Crippen LogP contribution >= 0.6 is 0 Å². The third-order valence-corrected chi connectivity index (χ3v) is 3.95. The minimum absolute atomic E-state index is 0.450. The summed E-state index contributed by atoms with van der Waals surface area (Å²) in [6.45, 7) is 13.1. The first-order valence-corrected chi connectivity index (χ1v) is 7.93. The molecule has 1 aromatic rings. The van der Waals surface area contributed by atoms with Crippen LogP contribution in [0.3, 0.4) is 0 Å². The number of aryl methyl sites for hydroxylation is 2. The second-order valence-corrected chi connectivity index (χ2v) is 5.45. The van der Waals surface area contributed by atoms with Crippen LogP contribution in [0.4, 0.5) is 0 Å². The van der Waals surface area contributed by atoms with Gasteiger partial charge in [0.2, 0.25) is 0 Å². The highest BCUT2D eigenvalue weighted by atomic mass is 15.3. The summed E-state index contributed by atoms with van der Waals surface area (Å²) in [5, 5.41) is 8.31. The van der Waals surface area contributed by atoms with Gasteiger partial charge in [-0.2, -0.15) is 5.10 Å². The molecule has 0 aliphatic carbocycles. The number of hydrogen-bond acceptors (Lipinski definition) is 2. The van der Waals surface area contributed by atoms with Crippen molar-refractivity contribution in [2.24, 2.45) is 5.92 Å². The molecular formula is C16H31N3. The van der Waals surface area contributed by atoms with Gasteiger partial charge in [-0.1, -0.05) is 33.6 Å². The van der Waals surface area contributed by atoms with Crippen molar-refractivity contribution < 1.29 is 0 Å². The average Bonchev–Trinajstić information content (AvgIpc) is 2.80. The fourth-order valence-corrected chi connectivity index (χ4v) is 2.68. The van der Waals surface area contributed by atoms with Crippen molar-refractivity contribution in [1.29, 1.82) is 0 Å². The molecule has 3 heteroatoms. The third kappa shape index (κ3) is 4.64. The van der Waals surface area contributed by atoms with Crippen molar-refractivity contribution in [3.05, 3.63) is 17.5 Å². The van der Waals surface area contributed by atoms with Gasteiger partial charge in [-0.15, -0.1) is 0 Å². The van der Waals surface area contributed by atoms with E-state index in [2.05, 4.69) is 55.8 Å². The molecule has 1 aromatic heterocycles. The molecule has 1 rings (SSSR count). The van der Waals surface area contributed by atoms with Gasteiger partial charge < -0.3 is 5.32 Å². The molecule has 110 valence electrons. The van der Waals surface area contributed by atoms with Gasteiger partial charge in [0.1, 0.15) is 0 Å². The number of aromatic nitrogens is 2. The van der Waals surface area contributed by atoms with Crippen molar-refractivity contribution in [2.75, 3.05) is 6.54 Å². The molecule has 0 radical (unpaired) electrons. The first kappa shape index (κ1) is 16.2. The molecule has 1 atom stereocenters. The van der Waals surface area contributed by atoms with Gasteiger partial charge >= 0.3 is 0 Å². The minimum Gasteiger partial charge on any atom is -0.309 e. The SMILES string of the molecule is CCCNC(CC(CC)CC)c1cc(C)nn1CC. The fourth-order valence-electron chi connectivity index (χ4n) is 2.68. The van der Waals surface area contributed by atoms with E-state index in [-0.39, 0.29) is 0 Å². The number of nitrogens with one attached hydrogen (secondary N) is 1. The van der Waals surface area contributed by atoms with Crippen molar-refractivity contribution >= 4 is 0 Å². The summed E-state index contributed by atoms with van der Waals surface area (Å²) >= 11 is 0. The van der Waals surface area contributed by atoms with Crippen LogP contribution in [0.25, 0.3) is 0 Å². The Morgan fingerprint density at radius 1 is 1.21 bits per heavy atom. The molecule has 0 spiro atoms. The average molecular weight is 265 g/mol. The molecule has 0 bridgehead atoms. The second-order valence-electron chi connectivity index (χ2n) is 5.45.